The van der Waals surface area contributed by atoms with Crippen molar-refractivity contribution in [3.05, 3.63) is 0 Å². The van der Waals surface area contributed by atoms with Gasteiger partial charge < -0.3 is 10.2 Å². The predicted octanol–water partition coefficient (Wildman–Crippen LogP) is 1.12. The van der Waals surface area contributed by atoms with Gasteiger partial charge in [-0.15, -0.1) is 0 Å². The number of carboxylic acids is 2. The van der Waals surface area contributed by atoms with Gasteiger partial charge in [0.05, 0.1) is 5.92 Å². The van der Waals surface area contributed by atoms with Gasteiger partial charge in [0.15, 0.2) is 0 Å². The number of hydrogen-bond acceptors (Lipinski definition) is 3. The van der Waals surface area contributed by atoms with Gasteiger partial charge >= 0.3 is 11.9 Å². The SMILES string of the molecule is CC(CS)C(CCC(=O)O)C(=O)O. The van der Waals surface area contributed by atoms with Crippen LogP contribution in [0.3, 0.4) is 0 Å². The highest BCUT2D eigenvalue weighted by atomic mass is 32.1. The van der Waals surface area contributed by atoms with Crippen molar-refractivity contribution in [2.45, 2.75) is 19.8 Å². The highest BCUT2D eigenvalue weighted by molar-refractivity contribution is 7.80. The minimum atomic E-state index is -0.961. The first-order valence-corrected chi connectivity index (χ1v) is 4.67. The first kappa shape index (κ1) is 12.3. The van der Waals surface area contributed by atoms with Gasteiger partial charge in [-0.2, -0.15) is 12.6 Å². The van der Waals surface area contributed by atoms with Crippen LogP contribution in [-0.2, 0) is 9.59 Å². The Bertz CT molecular complexity index is 193. The highest BCUT2D eigenvalue weighted by Gasteiger charge is 2.24. The van der Waals surface area contributed by atoms with Crippen LogP contribution in [0, 0.1) is 11.8 Å². The number of carboxylic acid groups (broad SMARTS) is 2. The Morgan fingerprint density at radius 2 is 1.92 bits per heavy atom. The van der Waals surface area contributed by atoms with Crippen LogP contribution in [0.2, 0.25) is 0 Å². The minimum absolute atomic E-state index is 0.0971. The van der Waals surface area contributed by atoms with Gasteiger partial charge in [-0.05, 0) is 18.1 Å². The van der Waals surface area contributed by atoms with Crippen molar-refractivity contribution >= 4 is 24.6 Å². The van der Waals surface area contributed by atoms with E-state index in [2.05, 4.69) is 12.6 Å². The van der Waals surface area contributed by atoms with Crippen LogP contribution in [0.5, 0.6) is 0 Å². The summed E-state index contributed by atoms with van der Waals surface area (Å²) in [4.78, 5) is 20.9. The van der Waals surface area contributed by atoms with Crippen molar-refractivity contribution in [2.75, 3.05) is 5.75 Å². The Morgan fingerprint density at radius 1 is 1.38 bits per heavy atom. The normalized spacial score (nSPS) is 14.9. The average molecular weight is 206 g/mol. The molecule has 0 aromatic carbocycles. The maximum Gasteiger partial charge on any atom is 0.306 e. The van der Waals surface area contributed by atoms with E-state index in [9.17, 15) is 9.59 Å². The third-order valence-corrected chi connectivity index (χ3v) is 2.54. The van der Waals surface area contributed by atoms with Crippen molar-refractivity contribution in [1.82, 2.24) is 0 Å². The van der Waals surface area contributed by atoms with E-state index >= 15 is 0 Å². The lowest BCUT2D eigenvalue weighted by atomic mass is 9.91. The van der Waals surface area contributed by atoms with Crippen LogP contribution in [0.4, 0.5) is 0 Å². The monoisotopic (exact) mass is 206 g/mol. The van der Waals surface area contributed by atoms with Crippen molar-refractivity contribution in [3.63, 3.8) is 0 Å². The molecule has 0 aromatic rings. The smallest absolute Gasteiger partial charge is 0.306 e. The summed E-state index contributed by atoms with van der Waals surface area (Å²) >= 11 is 3.98. The van der Waals surface area contributed by atoms with Gasteiger partial charge in [-0.1, -0.05) is 6.92 Å². The lowest BCUT2D eigenvalue weighted by Gasteiger charge is -2.16. The molecule has 0 radical (unpaired) electrons. The van der Waals surface area contributed by atoms with E-state index in [1.807, 2.05) is 0 Å². The number of thiol groups is 1. The standard InChI is InChI=1S/C8H14O4S/c1-5(4-13)6(8(11)12)2-3-7(9)10/h5-6,13H,2-4H2,1H3,(H,9,10)(H,11,12). The summed E-state index contributed by atoms with van der Waals surface area (Å²) in [6.45, 7) is 1.76. The molecule has 2 unspecified atom stereocenters. The Kier molecular flexibility index (Phi) is 5.53. The van der Waals surface area contributed by atoms with Crippen LogP contribution < -0.4 is 0 Å². The minimum Gasteiger partial charge on any atom is -0.481 e. The Morgan fingerprint density at radius 3 is 2.23 bits per heavy atom. The molecule has 0 bridgehead atoms. The molecule has 0 aliphatic rings. The van der Waals surface area contributed by atoms with E-state index in [0.29, 0.717) is 5.75 Å². The van der Waals surface area contributed by atoms with E-state index in [1.165, 1.54) is 0 Å². The van der Waals surface area contributed by atoms with Crippen LogP contribution >= 0.6 is 12.6 Å². The summed E-state index contributed by atoms with van der Waals surface area (Å²) < 4.78 is 0. The second-order valence-electron chi connectivity index (χ2n) is 3.04. The van der Waals surface area contributed by atoms with Gasteiger partial charge in [0.25, 0.3) is 0 Å². The lowest BCUT2D eigenvalue weighted by Crippen LogP contribution is -2.23. The molecular formula is C8H14O4S. The number of hydrogen-bond donors (Lipinski definition) is 3. The van der Waals surface area contributed by atoms with Gasteiger partial charge in [-0.3, -0.25) is 9.59 Å². The van der Waals surface area contributed by atoms with Gasteiger partial charge in [0.2, 0.25) is 0 Å². The number of carbonyl (C=O) groups is 2. The van der Waals surface area contributed by atoms with Gasteiger partial charge in [0.1, 0.15) is 0 Å². The van der Waals surface area contributed by atoms with Crippen LogP contribution in [0.25, 0.3) is 0 Å². The van der Waals surface area contributed by atoms with Crippen LogP contribution in [0.15, 0.2) is 0 Å². The predicted molar refractivity (Wildman–Crippen MR) is 51.0 cm³/mol. The Labute approximate surface area is 82.4 Å². The van der Waals surface area contributed by atoms with E-state index in [1.54, 1.807) is 6.92 Å². The third kappa shape index (κ3) is 4.77. The second-order valence-corrected chi connectivity index (χ2v) is 3.40. The molecular weight excluding hydrogens is 192 g/mol. The third-order valence-electron chi connectivity index (χ3n) is 1.96. The average Bonchev–Trinajstić information content (AvgIpc) is 2.03. The van der Waals surface area contributed by atoms with Gasteiger partial charge in [0, 0.05) is 6.42 Å². The maximum atomic E-state index is 10.7. The first-order chi connectivity index (χ1) is 5.99. The topological polar surface area (TPSA) is 74.6 Å². The lowest BCUT2D eigenvalue weighted by molar-refractivity contribution is -0.144. The summed E-state index contributed by atoms with van der Waals surface area (Å²) in [6.07, 6.45) is 0.0709. The van der Waals surface area contributed by atoms with Crippen molar-refractivity contribution in [1.29, 1.82) is 0 Å². The summed E-state index contributed by atoms with van der Waals surface area (Å²) in [5, 5.41) is 17.1. The largest absolute Gasteiger partial charge is 0.481 e. The molecule has 0 heterocycles. The molecule has 4 nitrogen and oxygen atoms in total. The zero-order valence-corrected chi connectivity index (χ0v) is 8.33. The molecule has 5 heteroatoms. The summed E-state index contributed by atoms with van der Waals surface area (Å²) in [6, 6.07) is 0. The van der Waals surface area contributed by atoms with E-state index in [-0.39, 0.29) is 18.8 Å². The molecule has 0 aliphatic heterocycles. The molecule has 76 valence electrons. The molecule has 0 spiro atoms. The number of aliphatic carboxylic acids is 2. The number of rotatable bonds is 6. The summed E-state index contributed by atoms with van der Waals surface area (Å²) in [5.41, 5.74) is 0. The summed E-state index contributed by atoms with van der Waals surface area (Å²) in [7, 11) is 0. The molecule has 2 N–H and O–H groups in total. The fourth-order valence-corrected chi connectivity index (χ4v) is 1.31. The molecule has 0 fully saturated rings. The highest BCUT2D eigenvalue weighted by Crippen LogP contribution is 2.19. The van der Waals surface area contributed by atoms with Crippen molar-refractivity contribution in [2.24, 2.45) is 11.8 Å². The zero-order chi connectivity index (χ0) is 10.4. The van der Waals surface area contributed by atoms with Crippen LogP contribution in [0.1, 0.15) is 19.8 Å². The molecule has 0 aromatic heterocycles. The zero-order valence-electron chi connectivity index (χ0n) is 7.43. The fraction of sp³-hybridized carbons (Fsp3) is 0.750. The molecule has 0 rings (SSSR count). The second kappa shape index (κ2) is 5.85. The van der Waals surface area contributed by atoms with Crippen molar-refractivity contribution in [3.8, 4) is 0 Å². The van der Waals surface area contributed by atoms with Gasteiger partial charge in [-0.25, -0.2) is 0 Å². The molecule has 2 atom stereocenters. The molecule has 13 heavy (non-hydrogen) atoms. The Balaban J connectivity index is 4.10. The molecule has 0 saturated carbocycles. The molecule has 0 aliphatic carbocycles. The first-order valence-electron chi connectivity index (χ1n) is 4.04. The van der Waals surface area contributed by atoms with Crippen LogP contribution in [-0.4, -0.2) is 27.9 Å². The fourth-order valence-electron chi connectivity index (χ4n) is 1.06. The molecule has 0 saturated heterocycles. The van der Waals surface area contributed by atoms with E-state index in [4.69, 9.17) is 10.2 Å². The van der Waals surface area contributed by atoms with E-state index in [0.717, 1.165) is 0 Å². The molecule has 0 amide bonds. The summed E-state index contributed by atoms with van der Waals surface area (Å²) in [5.74, 6) is -2.15. The Hall–Kier alpha value is -0.710. The maximum absolute atomic E-state index is 10.7. The van der Waals surface area contributed by atoms with Crippen molar-refractivity contribution < 1.29 is 19.8 Å². The quantitative estimate of drug-likeness (QED) is 0.569. The van der Waals surface area contributed by atoms with E-state index < -0.39 is 17.9 Å².